The highest BCUT2D eigenvalue weighted by Gasteiger charge is 2.20. The van der Waals surface area contributed by atoms with Crippen LogP contribution in [0.2, 0.25) is 0 Å². The predicted octanol–water partition coefficient (Wildman–Crippen LogP) is 3.78. The van der Waals surface area contributed by atoms with Gasteiger partial charge in [0.2, 0.25) is 12.0 Å². The standard InChI is InChI=1S/C18H16FN3O4S/c1-24-13-7-4-8-14(25-2)15(13)16(23)20-18-22-21-17(27-18)11-5-3-6-12(9-11)26-10-19/h3-9H,10H2,1-2H3,(H,20,22,23). The molecule has 27 heavy (non-hydrogen) atoms. The molecule has 1 N–H and O–H groups in total. The summed E-state index contributed by atoms with van der Waals surface area (Å²) in [5.41, 5.74) is 0.964. The number of hydrogen-bond acceptors (Lipinski definition) is 7. The number of carbonyl (C=O) groups excluding carboxylic acids is 1. The molecule has 0 fully saturated rings. The molecule has 0 atom stereocenters. The molecule has 1 heterocycles. The Morgan fingerprint density at radius 1 is 1.11 bits per heavy atom. The van der Waals surface area contributed by atoms with Crippen LogP contribution >= 0.6 is 11.3 Å². The van der Waals surface area contributed by atoms with Gasteiger partial charge in [-0.25, -0.2) is 4.39 Å². The second-order valence-corrected chi connectivity index (χ2v) is 6.16. The number of carbonyl (C=O) groups is 1. The maximum Gasteiger partial charge on any atom is 0.265 e. The quantitative estimate of drug-likeness (QED) is 0.662. The van der Waals surface area contributed by atoms with Gasteiger partial charge >= 0.3 is 0 Å². The van der Waals surface area contributed by atoms with E-state index in [0.29, 0.717) is 33.0 Å². The minimum atomic E-state index is -0.915. The van der Waals surface area contributed by atoms with Crippen molar-refractivity contribution in [2.75, 3.05) is 26.4 Å². The van der Waals surface area contributed by atoms with Crippen molar-refractivity contribution in [2.24, 2.45) is 0 Å². The Morgan fingerprint density at radius 3 is 2.48 bits per heavy atom. The third kappa shape index (κ3) is 4.14. The Labute approximate surface area is 158 Å². The molecule has 0 unspecified atom stereocenters. The molecule has 0 bridgehead atoms. The highest BCUT2D eigenvalue weighted by Crippen LogP contribution is 2.32. The second kappa shape index (κ2) is 8.45. The highest BCUT2D eigenvalue weighted by molar-refractivity contribution is 7.18. The molecule has 0 aliphatic heterocycles. The van der Waals surface area contributed by atoms with Crippen LogP contribution in [0.5, 0.6) is 17.2 Å². The first kappa shape index (κ1) is 18.6. The van der Waals surface area contributed by atoms with Gasteiger partial charge in [0, 0.05) is 5.56 Å². The molecule has 0 aliphatic rings. The fourth-order valence-electron chi connectivity index (χ4n) is 2.41. The Hall–Kier alpha value is -3.20. The fraction of sp³-hybridized carbons (Fsp3) is 0.167. The van der Waals surface area contributed by atoms with Crippen LogP contribution in [0.15, 0.2) is 42.5 Å². The molecule has 0 saturated heterocycles. The van der Waals surface area contributed by atoms with Gasteiger partial charge in [-0.15, -0.1) is 10.2 Å². The van der Waals surface area contributed by atoms with Crippen molar-refractivity contribution >= 4 is 22.4 Å². The number of hydrogen-bond donors (Lipinski definition) is 1. The van der Waals surface area contributed by atoms with Crippen molar-refractivity contribution in [3.63, 3.8) is 0 Å². The average molecular weight is 389 g/mol. The lowest BCUT2D eigenvalue weighted by Gasteiger charge is -2.11. The van der Waals surface area contributed by atoms with Gasteiger partial charge in [-0.2, -0.15) is 0 Å². The number of nitrogens with one attached hydrogen (secondary N) is 1. The van der Waals surface area contributed by atoms with E-state index in [-0.39, 0.29) is 5.56 Å². The molecule has 0 aliphatic carbocycles. The predicted molar refractivity (Wildman–Crippen MR) is 99.4 cm³/mol. The summed E-state index contributed by atoms with van der Waals surface area (Å²) < 4.78 is 27.6. The lowest BCUT2D eigenvalue weighted by molar-refractivity contribution is 0.102. The summed E-state index contributed by atoms with van der Waals surface area (Å²) in [7, 11) is 2.95. The molecule has 1 amide bonds. The van der Waals surface area contributed by atoms with Crippen LogP contribution < -0.4 is 19.5 Å². The third-order valence-electron chi connectivity index (χ3n) is 3.60. The molecule has 1 aromatic heterocycles. The molecule has 0 radical (unpaired) electrons. The lowest BCUT2D eigenvalue weighted by Crippen LogP contribution is -2.14. The Balaban J connectivity index is 1.82. The van der Waals surface area contributed by atoms with Gasteiger partial charge < -0.3 is 14.2 Å². The third-order valence-corrected chi connectivity index (χ3v) is 4.49. The smallest absolute Gasteiger partial charge is 0.265 e. The van der Waals surface area contributed by atoms with Crippen molar-refractivity contribution in [2.45, 2.75) is 0 Å². The topological polar surface area (TPSA) is 82.6 Å². The monoisotopic (exact) mass is 389 g/mol. The summed E-state index contributed by atoms with van der Waals surface area (Å²) >= 11 is 1.18. The minimum absolute atomic E-state index is 0.262. The molecule has 0 spiro atoms. The number of rotatable bonds is 7. The number of benzene rings is 2. The van der Waals surface area contributed by atoms with Crippen molar-refractivity contribution in [1.29, 1.82) is 0 Å². The molecule has 140 valence electrons. The zero-order valence-corrected chi connectivity index (χ0v) is 15.4. The molecule has 3 aromatic rings. The maximum absolute atomic E-state index is 12.7. The van der Waals surface area contributed by atoms with E-state index in [1.807, 2.05) is 0 Å². The highest BCUT2D eigenvalue weighted by atomic mass is 32.1. The SMILES string of the molecule is COc1cccc(OC)c1C(=O)Nc1nnc(-c2cccc(OCF)c2)s1. The zero-order valence-electron chi connectivity index (χ0n) is 14.6. The van der Waals surface area contributed by atoms with Crippen LogP contribution in [0.25, 0.3) is 10.6 Å². The first-order valence-corrected chi connectivity index (χ1v) is 8.63. The molecule has 0 saturated carbocycles. The number of methoxy groups -OCH3 is 2. The summed E-state index contributed by atoms with van der Waals surface area (Å²) in [5.74, 6) is 0.719. The van der Waals surface area contributed by atoms with Crippen LogP contribution in [0, 0.1) is 0 Å². The van der Waals surface area contributed by atoms with Crippen molar-refractivity contribution in [3.8, 4) is 27.8 Å². The Morgan fingerprint density at radius 2 is 1.81 bits per heavy atom. The number of anilines is 1. The van der Waals surface area contributed by atoms with E-state index in [4.69, 9.17) is 14.2 Å². The Bertz CT molecular complexity index is 926. The number of aromatic nitrogens is 2. The summed E-state index contributed by atoms with van der Waals surface area (Å²) in [6.45, 7) is -0.915. The second-order valence-electron chi connectivity index (χ2n) is 5.19. The largest absolute Gasteiger partial charge is 0.496 e. The summed E-state index contributed by atoms with van der Waals surface area (Å²) in [6.07, 6.45) is 0. The number of alkyl halides is 1. The maximum atomic E-state index is 12.7. The van der Waals surface area contributed by atoms with Crippen molar-refractivity contribution < 1.29 is 23.4 Å². The number of halogens is 1. The van der Waals surface area contributed by atoms with Crippen LogP contribution in [0.1, 0.15) is 10.4 Å². The first-order chi connectivity index (χ1) is 13.2. The number of amides is 1. The van der Waals surface area contributed by atoms with E-state index in [0.717, 1.165) is 0 Å². The van der Waals surface area contributed by atoms with Crippen LogP contribution in [-0.2, 0) is 0 Å². The van der Waals surface area contributed by atoms with Crippen molar-refractivity contribution in [3.05, 3.63) is 48.0 Å². The molecular weight excluding hydrogens is 373 g/mol. The summed E-state index contributed by atoms with van der Waals surface area (Å²) in [4.78, 5) is 12.7. The molecule has 2 aromatic carbocycles. The van der Waals surface area contributed by atoms with Gasteiger partial charge in [-0.05, 0) is 24.3 Å². The minimum Gasteiger partial charge on any atom is -0.496 e. The van der Waals surface area contributed by atoms with Crippen LogP contribution in [0.4, 0.5) is 9.52 Å². The summed E-state index contributed by atoms with van der Waals surface area (Å²) in [6, 6.07) is 11.9. The van der Waals surface area contributed by atoms with Crippen LogP contribution in [0.3, 0.4) is 0 Å². The fourth-order valence-corrected chi connectivity index (χ4v) is 3.14. The van der Waals surface area contributed by atoms with E-state index < -0.39 is 12.8 Å². The van der Waals surface area contributed by atoms with E-state index in [9.17, 15) is 9.18 Å². The Kier molecular flexibility index (Phi) is 5.82. The van der Waals surface area contributed by atoms with Crippen molar-refractivity contribution in [1.82, 2.24) is 10.2 Å². The van der Waals surface area contributed by atoms with Crippen LogP contribution in [-0.4, -0.2) is 37.2 Å². The lowest BCUT2D eigenvalue weighted by atomic mass is 10.1. The van der Waals surface area contributed by atoms with Gasteiger partial charge in [0.05, 0.1) is 14.2 Å². The summed E-state index contributed by atoms with van der Waals surface area (Å²) in [5, 5.41) is 11.6. The normalized spacial score (nSPS) is 10.3. The van der Waals surface area contributed by atoms with E-state index in [1.165, 1.54) is 25.6 Å². The first-order valence-electron chi connectivity index (χ1n) is 7.81. The van der Waals surface area contributed by atoms with Gasteiger partial charge in [-0.3, -0.25) is 10.1 Å². The zero-order chi connectivity index (χ0) is 19.2. The molecular formula is C18H16FN3O4S. The van der Waals surface area contributed by atoms with E-state index in [2.05, 4.69) is 15.5 Å². The van der Waals surface area contributed by atoms with Gasteiger partial charge in [-0.1, -0.05) is 29.5 Å². The van der Waals surface area contributed by atoms with E-state index >= 15 is 0 Å². The molecule has 9 heteroatoms. The average Bonchev–Trinajstić information content (AvgIpc) is 3.16. The van der Waals surface area contributed by atoms with E-state index in [1.54, 1.807) is 42.5 Å². The van der Waals surface area contributed by atoms with Gasteiger partial charge in [0.15, 0.2) is 0 Å². The molecule has 7 nitrogen and oxygen atoms in total. The van der Waals surface area contributed by atoms with Gasteiger partial charge in [0.25, 0.3) is 5.91 Å². The van der Waals surface area contributed by atoms with Gasteiger partial charge in [0.1, 0.15) is 27.8 Å². The molecule has 3 rings (SSSR count). The number of nitrogens with zero attached hydrogens (tertiary/aromatic N) is 2. The number of ether oxygens (including phenoxy) is 3.